The summed E-state index contributed by atoms with van der Waals surface area (Å²) < 4.78 is 48.3. The van der Waals surface area contributed by atoms with Crippen molar-refractivity contribution < 1.29 is 37.4 Å². The summed E-state index contributed by atoms with van der Waals surface area (Å²) in [5.41, 5.74) is -3.33. The Labute approximate surface area is 258 Å². The van der Waals surface area contributed by atoms with E-state index in [2.05, 4.69) is 10.3 Å². The van der Waals surface area contributed by atoms with Crippen LogP contribution >= 0.6 is 23.2 Å². The van der Waals surface area contributed by atoms with Crippen molar-refractivity contribution in [1.29, 1.82) is 5.41 Å². The van der Waals surface area contributed by atoms with Gasteiger partial charge in [-0.3, -0.25) is 19.4 Å². The van der Waals surface area contributed by atoms with Crippen molar-refractivity contribution in [3.8, 4) is 0 Å². The molecule has 14 heteroatoms. The first kappa shape index (κ1) is 34.8. The number of ketones is 1. The number of esters is 1. The van der Waals surface area contributed by atoms with Gasteiger partial charge in [0.1, 0.15) is 5.70 Å². The molecule has 2 aliphatic carbocycles. The molecular formula is C29H37Cl2F3N4O5. The Hall–Kier alpha value is -2.70. The predicted octanol–water partition coefficient (Wildman–Crippen LogP) is 5.52. The maximum absolute atomic E-state index is 14.4. The van der Waals surface area contributed by atoms with Crippen LogP contribution in [-0.2, 0) is 14.3 Å². The van der Waals surface area contributed by atoms with Gasteiger partial charge in [-0.15, -0.1) is 0 Å². The number of amides is 1. The van der Waals surface area contributed by atoms with E-state index in [1.807, 2.05) is 0 Å². The molecule has 1 aromatic heterocycles. The molecule has 0 aliphatic heterocycles. The molecule has 2 aliphatic rings. The van der Waals surface area contributed by atoms with Gasteiger partial charge in [-0.05, 0) is 71.1 Å². The Morgan fingerprint density at radius 1 is 1.14 bits per heavy atom. The Morgan fingerprint density at radius 2 is 1.72 bits per heavy atom. The molecule has 2 fully saturated rings. The number of aromatic nitrogens is 1. The lowest BCUT2D eigenvalue weighted by Gasteiger charge is -2.36. The molecule has 0 bridgehead atoms. The number of aliphatic hydroxyl groups is 1. The van der Waals surface area contributed by atoms with Gasteiger partial charge in [0.2, 0.25) is 0 Å². The fraction of sp³-hybridized carbons (Fsp3) is 0.621. The quantitative estimate of drug-likeness (QED) is 0.125. The van der Waals surface area contributed by atoms with Crippen LogP contribution in [0.1, 0.15) is 75.6 Å². The molecule has 0 spiro atoms. The number of pyridine rings is 1. The molecule has 9 nitrogen and oxygen atoms in total. The van der Waals surface area contributed by atoms with Gasteiger partial charge < -0.3 is 25.5 Å². The summed E-state index contributed by atoms with van der Waals surface area (Å²) in [4.78, 5) is 43.9. The van der Waals surface area contributed by atoms with Gasteiger partial charge in [0, 0.05) is 31.2 Å². The topological polar surface area (TPSA) is 133 Å². The second-order valence-corrected chi connectivity index (χ2v) is 12.2. The summed E-state index contributed by atoms with van der Waals surface area (Å²) in [7, 11) is 0. The molecule has 0 unspecified atom stereocenters. The first-order valence-electron chi connectivity index (χ1n) is 14.3. The number of alkyl halides is 3. The number of allylic oxidation sites excluding steroid dienone is 1. The number of nitrogens with one attached hydrogen (secondary N) is 2. The van der Waals surface area contributed by atoms with E-state index in [1.165, 1.54) is 12.4 Å². The van der Waals surface area contributed by atoms with Crippen molar-refractivity contribution in [2.75, 3.05) is 19.7 Å². The van der Waals surface area contributed by atoms with Crippen LogP contribution in [-0.4, -0.2) is 76.4 Å². The van der Waals surface area contributed by atoms with Crippen molar-refractivity contribution in [2.45, 2.75) is 83.0 Å². The third kappa shape index (κ3) is 9.39. The Balaban J connectivity index is 1.91. The Bertz CT molecular complexity index is 1200. The van der Waals surface area contributed by atoms with E-state index >= 15 is 0 Å². The second kappa shape index (κ2) is 14.9. The van der Waals surface area contributed by atoms with Crippen molar-refractivity contribution in [3.05, 3.63) is 39.3 Å². The van der Waals surface area contributed by atoms with Crippen LogP contribution in [0.15, 0.2) is 23.7 Å². The van der Waals surface area contributed by atoms with Crippen LogP contribution in [0.2, 0.25) is 10.0 Å². The highest BCUT2D eigenvalue weighted by Gasteiger charge is 2.42. The SMILES string of the molecule is CCOC(=O)[C@H]1CC[C@H](N/C(=C(\C=N)C(=O)N(CC(=O)c2c(Cl)cncc2Cl)CC2CCC(C)(O)CC2)C(F)(F)F)CC1. The minimum atomic E-state index is -5.02. The molecular weight excluding hydrogens is 612 g/mol. The standard InChI is InChI=1S/C29H37Cl2F3N4O5/c1-3-43-27(41)18-4-6-19(7-5-18)37-25(29(32,33)34)20(12-35)26(40)38(15-17-8-10-28(2,42)11-9-17)16-23(39)24-21(30)13-36-14-22(24)31/h12-14,17-19,35,37,42H,3-11,15-16H2,1-2H3/b25-20+,35-12?/t17?,18-,19-,28?. The molecule has 3 N–H and O–H groups in total. The van der Waals surface area contributed by atoms with Gasteiger partial charge in [0.05, 0.1) is 45.9 Å². The van der Waals surface area contributed by atoms with Crippen LogP contribution in [0.25, 0.3) is 0 Å². The van der Waals surface area contributed by atoms with Crippen molar-refractivity contribution in [3.63, 3.8) is 0 Å². The average molecular weight is 650 g/mol. The minimum absolute atomic E-state index is 0.0718. The second-order valence-electron chi connectivity index (χ2n) is 11.4. The highest BCUT2D eigenvalue weighted by Crippen LogP contribution is 2.34. The number of carbonyl (C=O) groups excluding carboxylic acids is 3. The molecule has 43 heavy (non-hydrogen) atoms. The van der Waals surface area contributed by atoms with Crippen molar-refractivity contribution >= 4 is 47.1 Å². The molecule has 0 radical (unpaired) electrons. The number of rotatable bonds is 11. The zero-order chi connectivity index (χ0) is 31.9. The lowest BCUT2D eigenvalue weighted by atomic mass is 9.79. The van der Waals surface area contributed by atoms with Crippen LogP contribution in [0.5, 0.6) is 0 Å². The third-order valence-electron chi connectivity index (χ3n) is 8.04. The molecule has 1 aromatic rings. The summed E-state index contributed by atoms with van der Waals surface area (Å²) in [5.74, 6) is -2.85. The van der Waals surface area contributed by atoms with Crippen LogP contribution in [0.3, 0.4) is 0 Å². The van der Waals surface area contributed by atoms with Gasteiger partial charge in [0.15, 0.2) is 5.78 Å². The number of ether oxygens (including phenoxy) is 1. The lowest BCUT2D eigenvalue weighted by molar-refractivity contribution is -0.149. The highest BCUT2D eigenvalue weighted by molar-refractivity contribution is 6.39. The summed E-state index contributed by atoms with van der Waals surface area (Å²) >= 11 is 12.3. The molecule has 0 atom stereocenters. The highest BCUT2D eigenvalue weighted by atomic mass is 35.5. The minimum Gasteiger partial charge on any atom is -0.466 e. The van der Waals surface area contributed by atoms with Gasteiger partial charge in [-0.25, -0.2) is 0 Å². The van der Waals surface area contributed by atoms with Crippen LogP contribution in [0, 0.1) is 17.2 Å². The van der Waals surface area contributed by atoms with Gasteiger partial charge >= 0.3 is 12.1 Å². The van der Waals surface area contributed by atoms with E-state index in [4.69, 9.17) is 33.3 Å². The van der Waals surface area contributed by atoms with E-state index in [9.17, 15) is 32.7 Å². The van der Waals surface area contributed by atoms with Crippen LogP contribution in [0.4, 0.5) is 13.2 Å². The molecule has 0 saturated heterocycles. The third-order valence-corrected chi connectivity index (χ3v) is 8.61. The van der Waals surface area contributed by atoms with E-state index in [0.717, 1.165) is 4.90 Å². The Kier molecular flexibility index (Phi) is 12.0. The number of Topliss-reactive ketones (excluding diaryl/α,β-unsaturated/α-hetero) is 1. The molecule has 1 heterocycles. The van der Waals surface area contributed by atoms with Gasteiger partial charge in [-0.1, -0.05) is 23.2 Å². The normalized spacial score (nSPS) is 24.9. The van der Waals surface area contributed by atoms with Crippen molar-refractivity contribution in [2.24, 2.45) is 11.8 Å². The van der Waals surface area contributed by atoms with E-state index in [1.54, 1.807) is 13.8 Å². The number of nitrogens with zero attached hydrogens (tertiary/aromatic N) is 2. The largest absolute Gasteiger partial charge is 0.466 e. The van der Waals surface area contributed by atoms with E-state index in [0.29, 0.717) is 44.7 Å². The zero-order valence-corrected chi connectivity index (χ0v) is 25.6. The van der Waals surface area contributed by atoms with Crippen molar-refractivity contribution in [1.82, 2.24) is 15.2 Å². The van der Waals surface area contributed by atoms with E-state index in [-0.39, 0.29) is 53.5 Å². The number of hydrogen-bond donors (Lipinski definition) is 3. The first-order valence-corrected chi connectivity index (χ1v) is 15.0. The first-order chi connectivity index (χ1) is 20.2. The maximum atomic E-state index is 14.4. The molecule has 1 amide bonds. The number of hydrogen-bond acceptors (Lipinski definition) is 8. The number of carbonyl (C=O) groups is 3. The smallest absolute Gasteiger partial charge is 0.431 e. The zero-order valence-electron chi connectivity index (χ0n) is 24.1. The van der Waals surface area contributed by atoms with Crippen LogP contribution < -0.4 is 5.32 Å². The summed E-state index contributed by atoms with van der Waals surface area (Å²) in [6.45, 7) is 2.87. The number of halogens is 5. The van der Waals surface area contributed by atoms with Gasteiger partial charge in [-0.2, -0.15) is 13.2 Å². The lowest BCUT2D eigenvalue weighted by Crippen LogP contribution is -2.45. The molecule has 3 rings (SSSR count). The molecule has 2 saturated carbocycles. The average Bonchev–Trinajstić information content (AvgIpc) is 2.93. The van der Waals surface area contributed by atoms with Gasteiger partial charge in [0.25, 0.3) is 5.91 Å². The monoisotopic (exact) mass is 648 g/mol. The fourth-order valence-electron chi connectivity index (χ4n) is 5.60. The maximum Gasteiger partial charge on any atom is 0.431 e. The van der Waals surface area contributed by atoms with E-state index < -0.39 is 53.2 Å². The molecule has 238 valence electrons. The summed E-state index contributed by atoms with van der Waals surface area (Å²) in [6, 6.07) is -0.699. The Morgan fingerprint density at radius 3 is 2.23 bits per heavy atom. The predicted molar refractivity (Wildman–Crippen MR) is 155 cm³/mol. The fourth-order valence-corrected chi connectivity index (χ4v) is 6.18. The molecule has 0 aromatic carbocycles. The summed E-state index contributed by atoms with van der Waals surface area (Å²) in [6.07, 6.45) is 0.623. The summed E-state index contributed by atoms with van der Waals surface area (Å²) in [5, 5.41) is 20.5.